The smallest absolute Gasteiger partial charge is 0.334 e. The summed E-state index contributed by atoms with van der Waals surface area (Å²) in [7, 11) is 0. The van der Waals surface area contributed by atoms with Gasteiger partial charge in [-0.2, -0.15) is 0 Å². The highest BCUT2D eigenvalue weighted by molar-refractivity contribution is 6.00. The van der Waals surface area contributed by atoms with Crippen LogP contribution in [-0.2, 0) is 25.7 Å². The van der Waals surface area contributed by atoms with Crippen LogP contribution < -0.4 is 0 Å². The molecule has 0 radical (unpaired) electrons. The van der Waals surface area contributed by atoms with Gasteiger partial charge in [0.1, 0.15) is 6.61 Å². The molecule has 0 amide bonds. The number of cyclic esters (lactones) is 1. The lowest BCUT2D eigenvalue weighted by atomic mass is 9.76. The van der Waals surface area contributed by atoms with Crippen molar-refractivity contribution in [1.29, 1.82) is 0 Å². The Kier molecular flexibility index (Phi) is 2.51. The molecule has 0 unspecified atom stereocenters. The fourth-order valence-electron chi connectivity index (χ4n) is 2.88. The number of ether oxygens (including phenoxy) is 2. The molecule has 1 aliphatic heterocycles. The van der Waals surface area contributed by atoms with Crippen molar-refractivity contribution in [3.05, 3.63) is 76.8 Å². The number of esters is 2. The van der Waals surface area contributed by atoms with Crippen molar-refractivity contribution in [3.63, 3.8) is 0 Å². The van der Waals surface area contributed by atoms with Crippen LogP contribution in [0.2, 0.25) is 0 Å². The molecule has 1 aliphatic carbocycles. The second-order valence-electron chi connectivity index (χ2n) is 5.51. The Morgan fingerprint density at radius 3 is 2.92 bits per heavy atom. The number of rotatable bonds is 3. The van der Waals surface area contributed by atoms with Gasteiger partial charge in [0, 0.05) is 12.8 Å². The number of carbonyl (C=O) groups excluding carboxylic acids is 2. The van der Waals surface area contributed by atoms with Gasteiger partial charge in [-0.3, -0.25) is 4.79 Å². The molecule has 0 saturated carbocycles. The first-order valence-electron chi connectivity index (χ1n) is 9.96. The third-order valence-corrected chi connectivity index (χ3v) is 4.06. The average Bonchev–Trinajstić information content (AvgIpc) is 3.02. The summed E-state index contributed by atoms with van der Waals surface area (Å²) in [5.74, 6) is -4.87. The first-order chi connectivity index (χ1) is 13.8. The van der Waals surface area contributed by atoms with E-state index in [0.29, 0.717) is 0 Å². The zero-order valence-corrected chi connectivity index (χ0v) is 12.6. The summed E-state index contributed by atoms with van der Waals surface area (Å²) < 4.78 is 51.5. The summed E-state index contributed by atoms with van der Waals surface area (Å²) >= 11 is 0. The van der Waals surface area contributed by atoms with Crippen molar-refractivity contribution in [2.45, 2.75) is 12.5 Å². The standard InChI is InChI=1S/C20H16O4/c21-19-16-10-14-8-4-5-9-15(14)18(17(16)12-24-19)20(22)23-11-13-6-2-1-3-7-13/h1-10,17-18H,11-12H2/t17-,18-/m1/s1/i4D,5D,8D,9D,17D. The highest BCUT2D eigenvalue weighted by Gasteiger charge is 2.44. The molecule has 24 heavy (non-hydrogen) atoms. The van der Waals surface area contributed by atoms with Crippen LogP contribution in [0.25, 0.3) is 6.08 Å². The zero-order chi connectivity index (χ0) is 20.9. The predicted octanol–water partition coefficient (Wildman–Crippen LogP) is 3.08. The van der Waals surface area contributed by atoms with E-state index < -0.39 is 48.5 Å². The molecule has 1 heterocycles. The molecule has 0 spiro atoms. The van der Waals surface area contributed by atoms with E-state index in [2.05, 4.69) is 0 Å². The van der Waals surface area contributed by atoms with E-state index in [1.165, 1.54) is 6.08 Å². The van der Waals surface area contributed by atoms with Crippen LogP contribution in [-0.4, -0.2) is 18.5 Å². The minimum atomic E-state index is -1.82. The van der Waals surface area contributed by atoms with Crippen LogP contribution >= 0.6 is 0 Å². The third-order valence-electron chi connectivity index (χ3n) is 4.06. The number of benzene rings is 2. The lowest BCUT2D eigenvalue weighted by molar-refractivity contribution is -0.148. The number of fused-ring (bicyclic) bond motifs is 2. The largest absolute Gasteiger partial charge is 0.462 e. The van der Waals surface area contributed by atoms with Crippen LogP contribution in [0.4, 0.5) is 0 Å². The molecule has 2 aromatic rings. The Balaban J connectivity index is 1.83. The molecular formula is C20H16O4. The van der Waals surface area contributed by atoms with Gasteiger partial charge in [0.25, 0.3) is 0 Å². The topological polar surface area (TPSA) is 52.6 Å². The van der Waals surface area contributed by atoms with Gasteiger partial charge in [0.2, 0.25) is 0 Å². The van der Waals surface area contributed by atoms with Gasteiger partial charge in [-0.25, -0.2) is 4.79 Å². The molecule has 2 atom stereocenters. The van der Waals surface area contributed by atoms with Crippen molar-refractivity contribution in [3.8, 4) is 0 Å². The second-order valence-corrected chi connectivity index (χ2v) is 5.51. The summed E-state index contributed by atoms with van der Waals surface area (Å²) in [6.07, 6.45) is 1.23. The average molecular weight is 325 g/mol. The number of hydrogen-bond donors (Lipinski definition) is 0. The Labute approximate surface area is 146 Å². The van der Waals surface area contributed by atoms with Gasteiger partial charge in [0.15, 0.2) is 0 Å². The summed E-state index contributed by atoms with van der Waals surface area (Å²) in [4.78, 5) is 25.2. The molecule has 1 fully saturated rings. The predicted molar refractivity (Wildman–Crippen MR) is 87.8 cm³/mol. The van der Waals surface area contributed by atoms with Crippen molar-refractivity contribution in [2.24, 2.45) is 5.89 Å². The van der Waals surface area contributed by atoms with Crippen LogP contribution in [0.3, 0.4) is 0 Å². The van der Waals surface area contributed by atoms with E-state index in [0.717, 1.165) is 5.56 Å². The molecule has 0 bridgehead atoms. The van der Waals surface area contributed by atoms with Gasteiger partial charge >= 0.3 is 11.9 Å². The fraction of sp³-hybridized carbons (Fsp3) is 0.200. The number of hydrogen-bond acceptors (Lipinski definition) is 4. The lowest BCUT2D eigenvalue weighted by Crippen LogP contribution is -2.28. The maximum atomic E-state index is 13.1. The Hall–Kier alpha value is -2.88. The molecule has 0 aromatic heterocycles. The van der Waals surface area contributed by atoms with E-state index in [-0.39, 0.29) is 29.3 Å². The third kappa shape index (κ3) is 2.50. The fourth-order valence-corrected chi connectivity index (χ4v) is 2.88. The molecule has 4 nitrogen and oxygen atoms in total. The molecule has 1 saturated heterocycles. The van der Waals surface area contributed by atoms with Crippen LogP contribution in [0, 0.1) is 5.89 Å². The Bertz CT molecular complexity index is 1070. The van der Waals surface area contributed by atoms with Crippen LogP contribution in [0.5, 0.6) is 0 Å². The summed E-state index contributed by atoms with van der Waals surface area (Å²) in [6.45, 7) is -0.467. The molecule has 2 aromatic carbocycles. The van der Waals surface area contributed by atoms with Crippen molar-refractivity contribution in [1.82, 2.24) is 0 Å². The van der Waals surface area contributed by atoms with E-state index in [4.69, 9.17) is 16.3 Å². The molecular weight excluding hydrogens is 304 g/mol. The van der Waals surface area contributed by atoms with Gasteiger partial charge in [-0.15, -0.1) is 0 Å². The molecule has 0 N–H and O–H groups in total. The van der Waals surface area contributed by atoms with Crippen molar-refractivity contribution >= 4 is 18.0 Å². The van der Waals surface area contributed by atoms with E-state index in [1.807, 2.05) is 6.07 Å². The van der Waals surface area contributed by atoms with Crippen LogP contribution in [0.1, 0.15) is 29.5 Å². The second kappa shape index (κ2) is 5.96. The monoisotopic (exact) mass is 325 g/mol. The van der Waals surface area contributed by atoms with Crippen molar-refractivity contribution in [2.75, 3.05) is 6.61 Å². The van der Waals surface area contributed by atoms with Gasteiger partial charge < -0.3 is 9.47 Å². The van der Waals surface area contributed by atoms with Crippen molar-refractivity contribution < 1.29 is 25.9 Å². The first-order valence-corrected chi connectivity index (χ1v) is 7.46. The minimum absolute atomic E-state index is 0.00869. The minimum Gasteiger partial charge on any atom is -0.462 e. The lowest BCUT2D eigenvalue weighted by Gasteiger charge is -2.26. The summed E-state index contributed by atoms with van der Waals surface area (Å²) in [6, 6.07) is 7.11. The normalized spacial score (nSPS) is 27.3. The van der Waals surface area contributed by atoms with E-state index in [9.17, 15) is 9.59 Å². The van der Waals surface area contributed by atoms with Gasteiger partial charge in [-0.1, -0.05) is 54.5 Å². The SMILES string of the molecule is [2H]c1c([2H])c([2H])c2c(c1[2H])C=C1C(=O)OC[C@@]1([2H])[C@@H]2C(=O)OCc1ccccc1. The summed E-state index contributed by atoms with van der Waals surface area (Å²) in [5, 5.41) is 0. The van der Waals surface area contributed by atoms with Gasteiger partial charge in [0.05, 0.1) is 18.0 Å². The maximum Gasteiger partial charge on any atom is 0.334 e. The van der Waals surface area contributed by atoms with Gasteiger partial charge in [-0.05, 0) is 22.8 Å². The number of carbonyl (C=O) groups is 2. The molecule has 4 rings (SSSR count). The van der Waals surface area contributed by atoms with E-state index >= 15 is 0 Å². The maximum absolute atomic E-state index is 13.1. The highest BCUT2D eigenvalue weighted by atomic mass is 16.5. The molecule has 2 aliphatic rings. The first kappa shape index (κ1) is 10.1. The Morgan fingerprint density at radius 2 is 2.08 bits per heavy atom. The zero-order valence-electron chi connectivity index (χ0n) is 17.6. The Morgan fingerprint density at radius 1 is 1.29 bits per heavy atom. The molecule has 4 heteroatoms. The quantitative estimate of drug-likeness (QED) is 0.814. The highest BCUT2D eigenvalue weighted by Crippen LogP contribution is 2.42. The van der Waals surface area contributed by atoms with E-state index in [1.54, 1.807) is 24.3 Å². The summed E-state index contributed by atoms with van der Waals surface area (Å²) in [5.41, 5.74) is 0.567. The van der Waals surface area contributed by atoms with Crippen LogP contribution in [0.15, 0.2) is 60.1 Å². The molecule has 120 valence electrons.